The van der Waals surface area contributed by atoms with Crippen molar-refractivity contribution in [2.75, 3.05) is 19.0 Å². The van der Waals surface area contributed by atoms with E-state index >= 15 is 0 Å². The summed E-state index contributed by atoms with van der Waals surface area (Å²) < 4.78 is 5.71. The Morgan fingerprint density at radius 1 is 1.19 bits per heavy atom. The lowest BCUT2D eigenvalue weighted by atomic mass is 9.95. The number of nitrogens with zero attached hydrogens (tertiary/aromatic N) is 3. The fraction of sp³-hybridized carbons (Fsp3) is 0.345. The summed E-state index contributed by atoms with van der Waals surface area (Å²) in [6.07, 6.45) is 2.72. The van der Waals surface area contributed by atoms with E-state index in [0.29, 0.717) is 23.6 Å². The third-order valence-electron chi connectivity index (χ3n) is 6.88. The van der Waals surface area contributed by atoms with Crippen LogP contribution in [0, 0.1) is 17.2 Å². The monoisotopic (exact) mass is 498 g/mol. The number of hydrogen-bond acceptors (Lipinski definition) is 6. The van der Waals surface area contributed by atoms with Gasteiger partial charge in [0.15, 0.2) is 0 Å². The second-order valence-corrected chi connectivity index (χ2v) is 10.6. The number of carbonyl (C=O) groups is 1. The molecule has 0 aliphatic carbocycles. The Labute approximate surface area is 216 Å². The summed E-state index contributed by atoms with van der Waals surface area (Å²) in [7, 11) is 0. The number of nitriles is 1. The van der Waals surface area contributed by atoms with Crippen molar-refractivity contribution in [3.05, 3.63) is 94.3 Å². The molecule has 5 rings (SSSR count). The highest BCUT2D eigenvalue weighted by molar-refractivity contribution is 7.99. The quantitative estimate of drug-likeness (QED) is 0.436. The van der Waals surface area contributed by atoms with Crippen LogP contribution < -0.4 is 5.32 Å². The Hall–Kier alpha value is -3.18. The Balaban J connectivity index is 1.30. The first-order valence-electron chi connectivity index (χ1n) is 12.4. The number of pyridine rings is 1. The molecule has 1 saturated heterocycles. The van der Waals surface area contributed by atoms with E-state index in [1.807, 2.05) is 42.1 Å². The summed E-state index contributed by atoms with van der Waals surface area (Å²) in [4.78, 5) is 21.4. The zero-order valence-electron chi connectivity index (χ0n) is 20.4. The van der Waals surface area contributed by atoms with Gasteiger partial charge in [-0.2, -0.15) is 5.26 Å². The first-order chi connectivity index (χ1) is 17.6. The molecule has 2 aliphatic rings. The molecule has 6 nitrogen and oxygen atoms in total. The van der Waals surface area contributed by atoms with Crippen LogP contribution >= 0.6 is 11.8 Å². The number of hydrogen-bond donors (Lipinski definition) is 1. The predicted molar refractivity (Wildman–Crippen MR) is 140 cm³/mol. The molecule has 2 atom stereocenters. The average molecular weight is 499 g/mol. The smallest absolute Gasteiger partial charge is 0.253 e. The third kappa shape index (κ3) is 5.46. The Kier molecular flexibility index (Phi) is 7.66. The van der Waals surface area contributed by atoms with Crippen LogP contribution in [0.1, 0.15) is 57.7 Å². The lowest BCUT2D eigenvalue weighted by molar-refractivity contribution is 0.0950. The summed E-state index contributed by atoms with van der Waals surface area (Å²) in [5.41, 5.74) is 5.65. The van der Waals surface area contributed by atoms with Crippen LogP contribution in [0.5, 0.6) is 0 Å². The van der Waals surface area contributed by atoms with Crippen LogP contribution in [-0.4, -0.2) is 34.8 Å². The maximum atomic E-state index is 12.9. The molecule has 3 heterocycles. The molecule has 0 spiro atoms. The number of carbonyl (C=O) groups excluding carboxylic acids is 1. The number of fused-ring (bicyclic) bond motifs is 1. The highest BCUT2D eigenvalue weighted by Gasteiger charge is 2.39. The molecule has 1 amide bonds. The normalized spacial score (nSPS) is 19.1. The Morgan fingerprint density at radius 3 is 2.67 bits per heavy atom. The SMILES string of the molecule is CCSc1ccc(CNC(=O)c2cnc3c(c2)CN(Cc2ccc(C#N)cc2)C3C2CCOC2)cc1. The first-order valence-corrected chi connectivity index (χ1v) is 13.4. The molecule has 3 aromatic rings. The lowest BCUT2D eigenvalue weighted by Crippen LogP contribution is -2.28. The van der Waals surface area contributed by atoms with Crippen molar-refractivity contribution >= 4 is 17.7 Å². The number of ether oxygens (including phenoxy) is 1. The molecule has 1 N–H and O–H groups in total. The van der Waals surface area contributed by atoms with E-state index in [0.717, 1.165) is 60.9 Å². The molecule has 1 aromatic heterocycles. The van der Waals surface area contributed by atoms with Gasteiger partial charge in [-0.05, 0) is 59.2 Å². The molecule has 7 heteroatoms. The minimum absolute atomic E-state index is 0.108. The maximum absolute atomic E-state index is 12.9. The molecule has 1 fully saturated rings. The number of benzene rings is 2. The van der Waals surface area contributed by atoms with Crippen LogP contribution in [0.2, 0.25) is 0 Å². The summed E-state index contributed by atoms with van der Waals surface area (Å²) >= 11 is 1.81. The van der Waals surface area contributed by atoms with Gasteiger partial charge in [-0.15, -0.1) is 11.8 Å². The van der Waals surface area contributed by atoms with E-state index in [9.17, 15) is 4.79 Å². The van der Waals surface area contributed by atoms with Crippen molar-refractivity contribution in [1.29, 1.82) is 5.26 Å². The topological polar surface area (TPSA) is 78.3 Å². The molecule has 0 radical (unpaired) electrons. The number of rotatable bonds is 8. The Bertz CT molecular complexity index is 1250. The second-order valence-electron chi connectivity index (χ2n) is 9.31. The van der Waals surface area contributed by atoms with Gasteiger partial charge >= 0.3 is 0 Å². The molecule has 184 valence electrons. The molecule has 2 aliphatic heterocycles. The van der Waals surface area contributed by atoms with Gasteiger partial charge < -0.3 is 10.1 Å². The number of aromatic nitrogens is 1. The molecular formula is C29H30N4O2S. The fourth-order valence-electron chi connectivity index (χ4n) is 5.08. The van der Waals surface area contributed by atoms with E-state index in [4.69, 9.17) is 15.0 Å². The van der Waals surface area contributed by atoms with E-state index < -0.39 is 0 Å². The zero-order chi connectivity index (χ0) is 24.9. The molecule has 2 unspecified atom stereocenters. The predicted octanol–water partition coefficient (Wildman–Crippen LogP) is 5.09. The summed E-state index contributed by atoms with van der Waals surface area (Å²) in [5.74, 6) is 1.32. The third-order valence-corrected chi connectivity index (χ3v) is 7.77. The number of nitrogens with one attached hydrogen (secondary N) is 1. The van der Waals surface area contributed by atoms with Gasteiger partial charge in [-0.1, -0.05) is 31.2 Å². The van der Waals surface area contributed by atoms with Crippen LogP contribution in [0.4, 0.5) is 0 Å². The van der Waals surface area contributed by atoms with Gasteiger partial charge in [-0.3, -0.25) is 14.7 Å². The first kappa shape index (κ1) is 24.5. The minimum Gasteiger partial charge on any atom is -0.381 e. The maximum Gasteiger partial charge on any atom is 0.253 e. The second kappa shape index (κ2) is 11.3. The summed E-state index contributed by atoms with van der Waals surface area (Å²) in [6, 6.07) is 20.4. The van der Waals surface area contributed by atoms with E-state index in [1.54, 1.807) is 6.20 Å². The molecule has 0 bridgehead atoms. The van der Waals surface area contributed by atoms with Crippen LogP contribution in [0.15, 0.2) is 65.7 Å². The van der Waals surface area contributed by atoms with Crippen molar-refractivity contribution < 1.29 is 9.53 Å². The van der Waals surface area contributed by atoms with Gasteiger partial charge in [0.1, 0.15) is 0 Å². The standard InChI is InChI=1S/C29H30N4O2S/c1-2-36-26-9-7-21(8-10-26)15-32-29(34)24-13-25-18-33(17-22-5-3-20(14-30)4-6-22)28(27(25)31-16-24)23-11-12-35-19-23/h3-10,13,16,23,28H,2,11-12,15,17-19H2,1H3,(H,32,34). The number of thioether (sulfide) groups is 1. The van der Waals surface area contributed by atoms with Gasteiger partial charge in [0.05, 0.1) is 35.5 Å². The molecule has 36 heavy (non-hydrogen) atoms. The van der Waals surface area contributed by atoms with Crippen molar-refractivity contribution in [3.8, 4) is 6.07 Å². The number of amides is 1. The van der Waals surface area contributed by atoms with Gasteiger partial charge in [0.2, 0.25) is 0 Å². The van der Waals surface area contributed by atoms with Crippen LogP contribution in [0.25, 0.3) is 0 Å². The highest BCUT2D eigenvalue weighted by atomic mass is 32.2. The van der Waals surface area contributed by atoms with E-state index in [2.05, 4.69) is 47.5 Å². The fourth-order valence-corrected chi connectivity index (χ4v) is 5.74. The Morgan fingerprint density at radius 2 is 1.97 bits per heavy atom. The highest BCUT2D eigenvalue weighted by Crippen LogP contribution is 2.41. The molecule has 2 aromatic carbocycles. The molecule has 0 saturated carbocycles. The minimum atomic E-state index is -0.108. The summed E-state index contributed by atoms with van der Waals surface area (Å²) in [6.45, 7) is 5.63. The molecular weight excluding hydrogens is 468 g/mol. The zero-order valence-corrected chi connectivity index (χ0v) is 21.3. The summed E-state index contributed by atoms with van der Waals surface area (Å²) in [5, 5.41) is 12.1. The van der Waals surface area contributed by atoms with Gasteiger partial charge in [0, 0.05) is 43.3 Å². The average Bonchev–Trinajstić information content (AvgIpc) is 3.56. The van der Waals surface area contributed by atoms with Crippen LogP contribution in [-0.2, 0) is 24.4 Å². The van der Waals surface area contributed by atoms with Crippen molar-refractivity contribution in [1.82, 2.24) is 15.2 Å². The van der Waals surface area contributed by atoms with E-state index in [-0.39, 0.29) is 11.9 Å². The largest absolute Gasteiger partial charge is 0.381 e. The van der Waals surface area contributed by atoms with Crippen molar-refractivity contribution in [2.45, 2.75) is 43.9 Å². The van der Waals surface area contributed by atoms with Gasteiger partial charge in [0.25, 0.3) is 5.91 Å². The van der Waals surface area contributed by atoms with Crippen molar-refractivity contribution in [3.63, 3.8) is 0 Å². The van der Waals surface area contributed by atoms with Gasteiger partial charge in [-0.25, -0.2) is 0 Å². The van der Waals surface area contributed by atoms with E-state index in [1.165, 1.54) is 4.90 Å². The van der Waals surface area contributed by atoms with Crippen molar-refractivity contribution in [2.24, 2.45) is 5.92 Å². The van der Waals surface area contributed by atoms with Crippen LogP contribution in [0.3, 0.4) is 0 Å². The lowest BCUT2D eigenvalue weighted by Gasteiger charge is -2.28.